The van der Waals surface area contributed by atoms with E-state index in [0.717, 1.165) is 16.7 Å². The van der Waals surface area contributed by atoms with Crippen molar-refractivity contribution in [3.05, 3.63) is 69.7 Å². The van der Waals surface area contributed by atoms with Crippen molar-refractivity contribution in [1.82, 2.24) is 15.5 Å². The molecule has 0 bridgehead atoms. The lowest BCUT2D eigenvalue weighted by Gasteiger charge is -2.29. The molecule has 2 N–H and O–H groups in total. The quantitative estimate of drug-likeness (QED) is 0.355. The first kappa shape index (κ1) is 23.4. The number of nitrogens with zero attached hydrogens (tertiary/aromatic N) is 2. The Balaban J connectivity index is 1.40. The van der Waals surface area contributed by atoms with Gasteiger partial charge in [0.2, 0.25) is 11.8 Å². The number of oxime groups is 1. The zero-order chi connectivity index (χ0) is 24.2. The lowest BCUT2D eigenvalue weighted by molar-refractivity contribution is -0.137. The van der Waals surface area contributed by atoms with Gasteiger partial charge in [0, 0.05) is 36.5 Å². The van der Waals surface area contributed by atoms with Crippen LogP contribution in [0.4, 0.5) is 0 Å². The van der Waals surface area contributed by atoms with E-state index in [4.69, 9.17) is 16.4 Å². The summed E-state index contributed by atoms with van der Waals surface area (Å²) in [6.07, 6.45) is 0.786. The van der Waals surface area contributed by atoms with Crippen LogP contribution in [-0.4, -0.2) is 47.4 Å². The molecule has 0 saturated carbocycles. The summed E-state index contributed by atoms with van der Waals surface area (Å²) in [7, 11) is 1.38. The summed E-state index contributed by atoms with van der Waals surface area (Å²) >= 11 is 5.91. The highest BCUT2D eigenvalue weighted by Crippen LogP contribution is 2.28. The summed E-state index contributed by atoms with van der Waals surface area (Å²) in [4.78, 5) is 55.5. The molecule has 0 radical (unpaired) electrons. The molecule has 4 amide bonds. The van der Waals surface area contributed by atoms with E-state index in [1.807, 2.05) is 18.2 Å². The maximum absolute atomic E-state index is 12.8. The van der Waals surface area contributed by atoms with Gasteiger partial charge in [-0.3, -0.25) is 24.5 Å². The molecule has 1 unspecified atom stereocenters. The Morgan fingerprint density at radius 2 is 1.91 bits per heavy atom. The number of halogens is 1. The second-order valence-electron chi connectivity index (χ2n) is 8.10. The Kier molecular flexibility index (Phi) is 6.93. The zero-order valence-electron chi connectivity index (χ0n) is 18.5. The van der Waals surface area contributed by atoms with Crippen LogP contribution in [0.15, 0.2) is 47.6 Å². The summed E-state index contributed by atoms with van der Waals surface area (Å²) in [5.41, 5.74) is 3.16. The van der Waals surface area contributed by atoms with Crippen molar-refractivity contribution >= 4 is 40.9 Å². The molecule has 2 aliphatic rings. The third-order valence-corrected chi connectivity index (χ3v) is 6.04. The van der Waals surface area contributed by atoms with Gasteiger partial charge in [-0.2, -0.15) is 0 Å². The topological polar surface area (TPSA) is 117 Å². The lowest BCUT2D eigenvalue weighted by atomic mass is 10.0. The van der Waals surface area contributed by atoms with Gasteiger partial charge in [-0.25, -0.2) is 0 Å². The number of fused-ring (bicyclic) bond motifs is 1. The number of imide groups is 1. The minimum Gasteiger partial charge on any atom is -0.399 e. The first-order valence-corrected chi connectivity index (χ1v) is 11.1. The van der Waals surface area contributed by atoms with Gasteiger partial charge >= 0.3 is 0 Å². The van der Waals surface area contributed by atoms with E-state index in [1.165, 1.54) is 12.0 Å². The third kappa shape index (κ3) is 5.09. The minimum atomic E-state index is -0.665. The van der Waals surface area contributed by atoms with Crippen LogP contribution >= 0.6 is 11.6 Å². The van der Waals surface area contributed by atoms with Crippen molar-refractivity contribution in [3.63, 3.8) is 0 Å². The van der Waals surface area contributed by atoms with Gasteiger partial charge < -0.3 is 15.1 Å². The van der Waals surface area contributed by atoms with Crippen LogP contribution in [0.5, 0.6) is 0 Å². The standard InChI is InChI=1S/C24H23ClN4O5/c1-34-28-19(11-14-2-5-17(25)6-3-14)22(31)26-12-15-4-7-18-16(10-15)13-29(24(18)33)20-8-9-21(30)27-23(20)32/h2-7,10,20H,8-9,11-13H2,1H3,(H,26,31)(H,27,30,32)/b28-19+. The van der Waals surface area contributed by atoms with E-state index in [0.29, 0.717) is 17.0 Å². The average molecular weight is 483 g/mol. The molecule has 2 heterocycles. The third-order valence-electron chi connectivity index (χ3n) is 5.79. The van der Waals surface area contributed by atoms with Crippen LogP contribution < -0.4 is 10.6 Å². The van der Waals surface area contributed by atoms with Gasteiger partial charge in [-0.05, 0) is 41.3 Å². The molecule has 10 heteroatoms. The average Bonchev–Trinajstić information content (AvgIpc) is 3.14. The monoisotopic (exact) mass is 482 g/mol. The fourth-order valence-electron chi connectivity index (χ4n) is 4.08. The van der Waals surface area contributed by atoms with Crippen molar-refractivity contribution in [2.75, 3.05) is 7.11 Å². The van der Waals surface area contributed by atoms with Crippen LogP contribution in [0, 0.1) is 0 Å². The molecule has 0 aromatic heterocycles. The largest absolute Gasteiger partial charge is 0.399 e. The fourth-order valence-corrected chi connectivity index (χ4v) is 4.21. The van der Waals surface area contributed by atoms with Gasteiger partial charge in [-0.1, -0.05) is 41.0 Å². The molecule has 1 fully saturated rings. The molecule has 9 nitrogen and oxygen atoms in total. The number of piperidine rings is 1. The summed E-state index contributed by atoms with van der Waals surface area (Å²) in [6, 6.07) is 11.7. The van der Waals surface area contributed by atoms with Crippen LogP contribution in [-0.2, 0) is 38.7 Å². The van der Waals surface area contributed by atoms with Crippen molar-refractivity contribution in [2.45, 2.75) is 38.4 Å². The molecule has 0 aliphatic carbocycles. The van der Waals surface area contributed by atoms with Crippen LogP contribution in [0.3, 0.4) is 0 Å². The van der Waals surface area contributed by atoms with E-state index in [9.17, 15) is 19.2 Å². The minimum absolute atomic E-state index is 0.204. The highest BCUT2D eigenvalue weighted by atomic mass is 35.5. The first-order valence-electron chi connectivity index (χ1n) is 10.7. The van der Waals surface area contributed by atoms with Crippen molar-refractivity contribution in [3.8, 4) is 0 Å². The Hall–Kier alpha value is -3.72. The molecule has 2 aliphatic heterocycles. The summed E-state index contributed by atoms with van der Waals surface area (Å²) in [6.45, 7) is 0.497. The van der Waals surface area contributed by atoms with Gasteiger partial charge in [0.15, 0.2) is 0 Å². The molecule has 2 aromatic rings. The number of carbonyl (C=O) groups is 4. The van der Waals surface area contributed by atoms with Crippen molar-refractivity contribution in [2.24, 2.45) is 5.16 Å². The number of hydrogen-bond acceptors (Lipinski definition) is 6. The smallest absolute Gasteiger partial charge is 0.269 e. The highest BCUT2D eigenvalue weighted by Gasteiger charge is 2.39. The summed E-state index contributed by atoms with van der Waals surface area (Å²) in [5.74, 6) is -1.39. The predicted molar refractivity (Wildman–Crippen MR) is 124 cm³/mol. The Labute approximate surface area is 201 Å². The van der Waals surface area contributed by atoms with Crippen LogP contribution in [0.1, 0.15) is 39.9 Å². The SMILES string of the molecule is CO/N=C(\Cc1ccc(Cl)cc1)C(=O)NCc1ccc2c(c1)CN(C1CCC(=O)NC1=O)C2=O. The molecule has 1 atom stereocenters. The van der Waals surface area contributed by atoms with E-state index >= 15 is 0 Å². The number of amides is 4. The van der Waals surface area contributed by atoms with E-state index < -0.39 is 11.9 Å². The zero-order valence-corrected chi connectivity index (χ0v) is 19.2. The second kappa shape index (κ2) is 10.0. The van der Waals surface area contributed by atoms with E-state index in [2.05, 4.69) is 15.8 Å². The van der Waals surface area contributed by atoms with E-state index in [1.54, 1.807) is 24.3 Å². The molecule has 1 saturated heterocycles. The van der Waals surface area contributed by atoms with Crippen LogP contribution in [0.2, 0.25) is 5.02 Å². The molecule has 0 spiro atoms. The number of rotatable bonds is 7. The van der Waals surface area contributed by atoms with Crippen molar-refractivity contribution in [1.29, 1.82) is 0 Å². The predicted octanol–water partition coefficient (Wildman–Crippen LogP) is 1.96. The van der Waals surface area contributed by atoms with Crippen LogP contribution in [0.25, 0.3) is 0 Å². The number of benzene rings is 2. The van der Waals surface area contributed by atoms with Gasteiger partial charge in [0.1, 0.15) is 18.9 Å². The maximum Gasteiger partial charge on any atom is 0.269 e. The molecule has 34 heavy (non-hydrogen) atoms. The highest BCUT2D eigenvalue weighted by molar-refractivity contribution is 6.39. The maximum atomic E-state index is 12.8. The van der Waals surface area contributed by atoms with Gasteiger partial charge in [-0.15, -0.1) is 0 Å². The summed E-state index contributed by atoms with van der Waals surface area (Å²) < 4.78 is 0. The molecule has 4 rings (SSSR count). The van der Waals surface area contributed by atoms with E-state index in [-0.39, 0.29) is 49.4 Å². The Bertz CT molecular complexity index is 1180. The first-order chi connectivity index (χ1) is 16.4. The number of nitrogens with one attached hydrogen (secondary N) is 2. The second-order valence-corrected chi connectivity index (χ2v) is 8.53. The lowest BCUT2D eigenvalue weighted by Crippen LogP contribution is -2.52. The number of hydrogen-bond donors (Lipinski definition) is 2. The normalized spacial score (nSPS) is 17.9. The Morgan fingerprint density at radius 1 is 1.18 bits per heavy atom. The summed E-state index contributed by atoms with van der Waals surface area (Å²) in [5, 5.41) is 9.58. The Morgan fingerprint density at radius 3 is 2.62 bits per heavy atom. The van der Waals surface area contributed by atoms with Crippen molar-refractivity contribution < 1.29 is 24.0 Å². The molecule has 176 valence electrons. The van der Waals surface area contributed by atoms with Gasteiger partial charge in [0.25, 0.3) is 11.8 Å². The fraction of sp³-hybridized carbons (Fsp3) is 0.292. The molecular weight excluding hydrogens is 460 g/mol. The number of carbonyl (C=O) groups excluding carboxylic acids is 4. The molecule has 2 aromatic carbocycles. The van der Waals surface area contributed by atoms with Gasteiger partial charge in [0.05, 0.1) is 0 Å². The molecular formula is C24H23ClN4O5.